The van der Waals surface area contributed by atoms with Gasteiger partial charge in [0, 0.05) is 17.5 Å². The first-order chi connectivity index (χ1) is 9.97. The molecule has 0 bridgehead atoms. The maximum atomic E-state index is 11.8. The van der Waals surface area contributed by atoms with Crippen molar-refractivity contribution in [3.8, 4) is 5.75 Å². The molecule has 0 aliphatic rings. The zero-order chi connectivity index (χ0) is 15.6. The maximum Gasteiger partial charge on any atom is 0.339 e. The van der Waals surface area contributed by atoms with Gasteiger partial charge in [-0.3, -0.25) is 15.1 Å². The Morgan fingerprint density at radius 3 is 2.67 bits per heavy atom. The SMILES string of the molecule is CCOC(=O)c1cc2cc([N+](=O)[O-])c(OC)cc2nc1C. The van der Waals surface area contributed by atoms with Gasteiger partial charge in [-0.1, -0.05) is 0 Å². The molecule has 0 radical (unpaired) electrons. The van der Waals surface area contributed by atoms with Crippen LogP contribution in [0.15, 0.2) is 18.2 Å². The predicted octanol–water partition coefficient (Wildman–Crippen LogP) is 2.64. The first kappa shape index (κ1) is 14.7. The maximum absolute atomic E-state index is 11.8. The van der Waals surface area contributed by atoms with E-state index in [4.69, 9.17) is 9.47 Å². The Morgan fingerprint density at radius 2 is 2.10 bits per heavy atom. The number of aromatic nitrogens is 1. The van der Waals surface area contributed by atoms with Crippen LogP contribution in [0.4, 0.5) is 5.69 Å². The van der Waals surface area contributed by atoms with E-state index in [1.807, 2.05) is 0 Å². The third kappa shape index (κ3) is 2.76. The number of carbonyl (C=O) groups is 1. The summed E-state index contributed by atoms with van der Waals surface area (Å²) >= 11 is 0. The van der Waals surface area contributed by atoms with Crippen molar-refractivity contribution in [2.45, 2.75) is 13.8 Å². The van der Waals surface area contributed by atoms with Crippen LogP contribution in [0.5, 0.6) is 5.75 Å². The molecule has 7 heteroatoms. The fourth-order valence-electron chi connectivity index (χ4n) is 2.01. The molecule has 0 N–H and O–H groups in total. The molecule has 1 heterocycles. The molecular formula is C14H14N2O5. The van der Waals surface area contributed by atoms with Crippen molar-refractivity contribution < 1.29 is 19.2 Å². The molecular weight excluding hydrogens is 276 g/mol. The van der Waals surface area contributed by atoms with Gasteiger partial charge in [-0.15, -0.1) is 0 Å². The Labute approximate surface area is 120 Å². The van der Waals surface area contributed by atoms with Crippen molar-refractivity contribution in [2.24, 2.45) is 0 Å². The van der Waals surface area contributed by atoms with Crippen molar-refractivity contribution in [1.82, 2.24) is 4.98 Å². The van der Waals surface area contributed by atoms with Crippen molar-refractivity contribution >= 4 is 22.6 Å². The van der Waals surface area contributed by atoms with Crippen LogP contribution in [-0.2, 0) is 4.74 Å². The third-order valence-corrected chi connectivity index (χ3v) is 3.00. The number of nitrogens with zero attached hydrogens (tertiary/aromatic N) is 2. The molecule has 21 heavy (non-hydrogen) atoms. The average molecular weight is 290 g/mol. The summed E-state index contributed by atoms with van der Waals surface area (Å²) in [5, 5.41) is 11.5. The summed E-state index contributed by atoms with van der Waals surface area (Å²) < 4.78 is 9.94. The monoisotopic (exact) mass is 290 g/mol. The predicted molar refractivity (Wildman–Crippen MR) is 75.6 cm³/mol. The molecule has 0 aliphatic heterocycles. The molecule has 0 saturated heterocycles. The average Bonchev–Trinajstić information content (AvgIpc) is 2.45. The van der Waals surface area contributed by atoms with Gasteiger partial charge in [-0.05, 0) is 19.9 Å². The fourth-order valence-corrected chi connectivity index (χ4v) is 2.01. The van der Waals surface area contributed by atoms with Gasteiger partial charge in [0.05, 0.1) is 35.4 Å². The minimum absolute atomic E-state index is 0.128. The number of pyridine rings is 1. The van der Waals surface area contributed by atoms with Crippen molar-refractivity contribution in [1.29, 1.82) is 0 Å². The molecule has 0 aliphatic carbocycles. The molecule has 2 aromatic rings. The molecule has 0 unspecified atom stereocenters. The number of ether oxygens (including phenoxy) is 2. The van der Waals surface area contributed by atoms with Crippen molar-refractivity contribution in [2.75, 3.05) is 13.7 Å². The van der Waals surface area contributed by atoms with Crippen LogP contribution < -0.4 is 4.74 Å². The highest BCUT2D eigenvalue weighted by Crippen LogP contribution is 2.32. The molecule has 7 nitrogen and oxygen atoms in total. The summed E-state index contributed by atoms with van der Waals surface area (Å²) in [6.45, 7) is 3.63. The van der Waals surface area contributed by atoms with Crippen LogP contribution in [0.3, 0.4) is 0 Å². The third-order valence-electron chi connectivity index (χ3n) is 3.00. The number of carbonyl (C=O) groups excluding carboxylic acids is 1. The fraction of sp³-hybridized carbons (Fsp3) is 0.286. The quantitative estimate of drug-likeness (QED) is 0.488. The van der Waals surface area contributed by atoms with Crippen LogP contribution in [0.1, 0.15) is 23.0 Å². The summed E-state index contributed by atoms with van der Waals surface area (Å²) in [4.78, 5) is 26.6. The highest BCUT2D eigenvalue weighted by Gasteiger charge is 2.19. The van der Waals surface area contributed by atoms with E-state index < -0.39 is 10.9 Å². The Balaban J connectivity index is 2.66. The molecule has 0 spiro atoms. The van der Waals surface area contributed by atoms with Crippen molar-refractivity contribution in [3.63, 3.8) is 0 Å². The summed E-state index contributed by atoms with van der Waals surface area (Å²) in [5.74, 6) is -0.369. The minimum atomic E-state index is -0.540. The lowest BCUT2D eigenvalue weighted by Gasteiger charge is -2.08. The van der Waals surface area contributed by atoms with Gasteiger partial charge in [0.25, 0.3) is 0 Å². The zero-order valence-electron chi connectivity index (χ0n) is 11.9. The van der Waals surface area contributed by atoms with E-state index >= 15 is 0 Å². The summed E-state index contributed by atoms with van der Waals surface area (Å²) in [6.07, 6.45) is 0. The number of nitro groups is 1. The van der Waals surface area contributed by atoms with Crippen LogP contribution in [0.2, 0.25) is 0 Å². The smallest absolute Gasteiger partial charge is 0.339 e. The molecule has 110 valence electrons. The number of rotatable bonds is 4. The molecule has 2 rings (SSSR count). The van der Waals surface area contributed by atoms with Gasteiger partial charge in [-0.2, -0.15) is 0 Å². The van der Waals surface area contributed by atoms with Gasteiger partial charge >= 0.3 is 11.7 Å². The Kier molecular flexibility index (Phi) is 4.02. The topological polar surface area (TPSA) is 91.6 Å². The van der Waals surface area contributed by atoms with E-state index in [-0.39, 0.29) is 18.0 Å². The molecule has 1 aromatic carbocycles. The lowest BCUT2D eigenvalue weighted by atomic mass is 10.1. The van der Waals surface area contributed by atoms with Gasteiger partial charge in [-0.25, -0.2) is 4.79 Å². The number of benzene rings is 1. The van der Waals surface area contributed by atoms with E-state index in [1.54, 1.807) is 19.9 Å². The molecule has 0 saturated carbocycles. The highest BCUT2D eigenvalue weighted by atomic mass is 16.6. The van der Waals surface area contributed by atoms with E-state index in [9.17, 15) is 14.9 Å². The summed E-state index contributed by atoms with van der Waals surface area (Å²) in [7, 11) is 1.36. The van der Waals surface area contributed by atoms with Gasteiger partial charge in [0.15, 0.2) is 5.75 Å². The first-order valence-corrected chi connectivity index (χ1v) is 6.28. The van der Waals surface area contributed by atoms with Crippen LogP contribution in [-0.4, -0.2) is 29.6 Å². The van der Waals surface area contributed by atoms with E-state index in [0.29, 0.717) is 22.2 Å². The molecule has 0 amide bonds. The van der Waals surface area contributed by atoms with E-state index in [1.165, 1.54) is 19.2 Å². The number of methoxy groups -OCH3 is 1. The standard InChI is InChI=1S/C14H14N2O5/c1-4-21-14(17)10-5-9-6-12(16(18)19)13(20-3)7-11(9)15-8(10)2/h5-7H,4H2,1-3H3. The minimum Gasteiger partial charge on any atom is -0.490 e. The van der Waals surface area contributed by atoms with E-state index in [2.05, 4.69) is 4.98 Å². The van der Waals surface area contributed by atoms with E-state index in [0.717, 1.165) is 0 Å². The Hall–Kier alpha value is -2.70. The lowest BCUT2D eigenvalue weighted by molar-refractivity contribution is -0.385. The molecule has 0 atom stereocenters. The van der Waals surface area contributed by atoms with Crippen LogP contribution in [0.25, 0.3) is 10.9 Å². The number of esters is 1. The number of hydrogen-bond donors (Lipinski definition) is 0. The number of fused-ring (bicyclic) bond motifs is 1. The first-order valence-electron chi connectivity index (χ1n) is 6.28. The molecule has 0 fully saturated rings. The molecule has 1 aromatic heterocycles. The second-order valence-corrected chi connectivity index (χ2v) is 4.32. The van der Waals surface area contributed by atoms with Gasteiger partial charge in [0.2, 0.25) is 0 Å². The number of aryl methyl sites for hydroxylation is 1. The normalized spacial score (nSPS) is 10.4. The lowest BCUT2D eigenvalue weighted by Crippen LogP contribution is -2.08. The second-order valence-electron chi connectivity index (χ2n) is 4.32. The largest absolute Gasteiger partial charge is 0.490 e. The van der Waals surface area contributed by atoms with Crippen LogP contribution >= 0.6 is 0 Å². The second kappa shape index (κ2) is 5.74. The Bertz CT molecular complexity index is 727. The highest BCUT2D eigenvalue weighted by molar-refractivity contribution is 5.96. The zero-order valence-corrected chi connectivity index (χ0v) is 11.9. The summed E-state index contributed by atoms with van der Waals surface area (Å²) in [5.41, 5.74) is 1.13. The van der Waals surface area contributed by atoms with Gasteiger partial charge in [0.1, 0.15) is 0 Å². The summed E-state index contributed by atoms with van der Waals surface area (Å²) in [6, 6.07) is 4.36. The number of hydrogen-bond acceptors (Lipinski definition) is 6. The Morgan fingerprint density at radius 1 is 1.38 bits per heavy atom. The van der Waals surface area contributed by atoms with Gasteiger partial charge < -0.3 is 9.47 Å². The number of nitro benzene ring substituents is 1. The van der Waals surface area contributed by atoms with Crippen LogP contribution in [0, 0.1) is 17.0 Å². The van der Waals surface area contributed by atoms with Crippen molar-refractivity contribution in [3.05, 3.63) is 39.6 Å².